The van der Waals surface area contributed by atoms with E-state index in [2.05, 4.69) is 5.32 Å². The highest BCUT2D eigenvalue weighted by atomic mass is 16.5. The summed E-state index contributed by atoms with van der Waals surface area (Å²) in [6.45, 7) is 0. The van der Waals surface area contributed by atoms with Crippen LogP contribution in [0.4, 0.5) is 0 Å². The molecule has 0 aliphatic heterocycles. The third-order valence-electron chi connectivity index (χ3n) is 6.07. The highest BCUT2D eigenvalue weighted by Gasteiger charge is 2.26. The van der Waals surface area contributed by atoms with E-state index in [9.17, 15) is 9.59 Å². The van der Waals surface area contributed by atoms with Crippen LogP contribution in [-0.4, -0.2) is 37.2 Å². The predicted octanol–water partition coefficient (Wildman–Crippen LogP) is 3.19. The van der Waals surface area contributed by atoms with Gasteiger partial charge in [0.2, 0.25) is 0 Å². The van der Waals surface area contributed by atoms with Crippen molar-refractivity contribution in [1.29, 1.82) is 0 Å². The van der Waals surface area contributed by atoms with Gasteiger partial charge in [-0.05, 0) is 81.5 Å². The van der Waals surface area contributed by atoms with Crippen molar-refractivity contribution >= 4 is 11.9 Å². The maximum atomic E-state index is 12.5. The number of methoxy groups -OCH3 is 1. The summed E-state index contributed by atoms with van der Waals surface area (Å²) in [4.78, 5) is 23.8. The standard InChI is InChI=1S/C22H32N2O4/c1-27-21(25)14-7-15-5-10-17(11-6-15)24-22(26)16-8-12-18(13-9-16)28-20-4-2-3-19(20)23/h8-9,12-13,15,17,19-20H,2-7,10-11,14,23H2,1H3,(H,24,26)/t15-,17-,19-,20-/m1/s1. The van der Waals surface area contributed by atoms with Gasteiger partial charge in [0.15, 0.2) is 0 Å². The van der Waals surface area contributed by atoms with Gasteiger partial charge in [0.05, 0.1) is 7.11 Å². The Balaban J connectivity index is 1.42. The number of carbonyl (C=O) groups excluding carboxylic acids is 2. The Morgan fingerprint density at radius 3 is 2.39 bits per heavy atom. The summed E-state index contributed by atoms with van der Waals surface area (Å²) in [7, 11) is 1.43. The smallest absolute Gasteiger partial charge is 0.305 e. The number of benzene rings is 1. The van der Waals surface area contributed by atoms with E-state index in [1.807, 2.05) is 24.3 Å². The van der Waals surface area contributed by atoms with Crippen molar-refractivity contribution in [3.63, 3.8) is 0 Å². The molecular formula is C22H32N2O4. The van der Waals surface area contributed by atoms with Gasteiger partial charge < -0.3 is 20.5 Å². The van der Waals surface area contributed by atoms with Gasteiger partial charge in [-0.2, -0.15) is 0 Å². The van der Waals surface area contributed by atoms with Crippen molar-refractivity contribution in [2.24, 2.45) is 11.7 Å². The highest BCUT2D eigenvalue weighted by Crippen LogP contribution is 2.28. The third kappa shape index (κ3) is 5.71. The maximum absolute atomic E-state index is 12.5. The van der Waals surface area contributed by atoms with Gasteiger partial charge in [-0.25, -0.2) is 0 Å². The molecule has 154 valence electrons. The molecule has 3 N–H and O–H groups in total. The maximum Gasteiger partial charge on any atom is 0.305 e. The van der Waals surface area contributed by atoms with E-state index in [4.69, 9.17) is 15.2 Å². The zero-order chi connectivity index (χ0) is 19.9. The molecule has 1 aromatic rings. The van der Waals surface area contributed by atoms with Gasteiger partial charge in [-0.1, -0.05) is 0 Å². The van der Waals surface area contributed by atoms with E-state index in [0.29, 0.717) is 17.9 Å². The summed E-state index contributed by atoms with van der Waals surface area (Å²) in [5.41, 5.74) is 6.70. The second kappa shape index (κ2) is 9.92. The molecule has 2 aliphatic rings. The average Bonchev–Trinajstić information content (AvgIpc) is 3.12. The highest BCUT2D eigenvalue weighted by molar-refractivity contribution is 5.94. The van der Waals surface area contributed by atoms with Crippen LogP contribution >= 0.6 is 0 Å². The Morgan fingerprint density at radius 1 is 1.07 bits per heavy atom. The van der Waals surface area contributed by atoms with E-state index in [-0.39, 0.29) is 30.1 Å². The topological polar surface area (TPSA) is 90.6 Å². The minimum atomic E-state index is -0.141. The molecule has 2 atom stereocenters. The minimum absolute atomic E-state index is 0.0397. The molecule has 0 saturated heterocycles. The fourth-order valence-corrected chi connectivity index (χ4v) is 4.25. The molecular weight excluding hydrogens is 356 g/mol. The molecule has 1 amide bonds. The Bertz CT molecular complexity index is 653. The lowest BCUT2D eigenvalue weighted by molar-refractivity contribution is -0.141. The first kappa shape index (κ1) is 20.6. The van der Waals surface area contributed by atoms with Crippen LogP contribution in [0.1, 0.15) is 68.1 Å². The second-order valence-corrected chi connectivity index (χ2v) is 8.08. The quantitative estimate of drug-likeness (QED) is 0.700. The van der Waals surface area contributed by atoms with Crippen molar-refractivity contribution < 1.29 is 19.1 Å². The first-order valence-electron chi connectivity index (χ1n) is 10.4. The Morgan fingerprint density at radius 2 is 1.79 bits per heavy atom. The molecule has 0 bridgehead atoms. The van der Waals surface area contributed by atoms with Crippen LogP contribution in [0, 0.1) is 5.92 Å². The van der Waals surface area contributed by atoms with Gasteiger partial charge in [-0.3, -0.25) is 9.59 Å². The van der Waals surface area contributed by atoms with E-state index in [1.54, 1.807) is 0 Å². The summed E-state index contributed by atoms with van der Waals surface area (Å²) >= 11 is 0. The largest absolute Gasteiger partial charge is 0.489 e. The summed E-state index contributed by atoms with van der Waals surface area (Å²) in [6.07, 6.45) is 8.54. The number of nitrogens with one attached hydrogen (secondary N) is 1. The molecule has 3 rings (SSSR count). The van der Waals surface area contributed by atoms with Crippen LogP contribution in [0.25, 0.3) is 0 Å². The second-order valence-electron chi connectivity index (χ2n) is 8.08. The Labute approximate surface area is 167 Å². The monoisotopic (exact) mass is 388 g/mol. The molecule has 0 unspecified atom stereocenters. The average molecular weight is 389 g/mol. The molecule has 0 heterocycles. The number of amides is 1. The first-order chi connectivity index (χ1) is 13.5. The lowest BCUT2D eigenvalue weighted by Crippen LogP contribution is -2.37. The zero-order valence-corrected chi connectivity index (χ0v) is 16.7. The zero-order valence-electron chi connectivity index (χ0n) is 16.7. The van der Waals surface area contributed by atoms with Crippen molar-refractivity contribution in [3.8, 4) is 5.75 Å². The summed E-state index contributed by atoms with van der Waals surface area (Å²) < 4.78 is 10.6. The SMILES string of the molecule is COC(=O)CC[C@H]1CC[C@H](NC(=O)c2ccc(O[C@@H]3CCC[C@H]3N)cc2)CC1. The molecule has 6 heteroatoms. The van der Waals surface area contributed by atoms with Crippen LogP contribution in [0.15, 0.2) is 24.3 Å². The Kier molecular flexibility index (Phi) is 7.31. The number of rotatable bonds is 7. The molecule has 0 radical (unpaired) electrons. The number of nitrogens with two attached hydrogens (primary N) is 1. The van der Waals surface area contributed by atoms with Crippen molar-refractivity contribution in [3.05, 3.63) is 29.8 Å². The number of ether oxygens (including phenoxy) is 2. The first-order valence-corrected chi connectivity index (χ1v) is 10.4. The third-order valence-corrected chi connectivity index (χ3v) is 6.07. The van der Waals surface area contributed by atoms with Gasteiger partial charge in [0.1, 0.15) is 11.9 Å². The predicted molar refractivity (Wildman–Crippen MR) is 107 cm³/mol. The van der Waals surface area contributed by atoms with Crippen LogP contribution < -0.4 is 15.8 Å². The van der Waals surface area contributed by atoms with Crippen LogP contribution in [-0.2, 0) is 9.53 Å². The van der Waals surface area contributed by atoms with E-state index in [0.717, 1.165) is 57.1 Å². The number of hydrogen-bond acceptors (Lipinski definition) is 5. The molecule has 2 fully saturated rings. The van der Waals surface area contributed by atoms with Gasteiger partial charge >= 0.3 is 5.97 Å². The number of carbonyl (C=O) groups is 2. The normalized spacial score (nSPS) is 27.2. The fraction of sp³-hybridized carbons (Fsp3) is 0.636. The number of hydrogen-bond donors (Lipinski definition) is 2. The molecule has 0 aromatic heterocycles. The lowest BCUT2D eigenvalue weighted by Gasteiger charge is -2.29. The van der Waals surface area contributed by atoms with Gasteiger partial charge in [0.25, 0.3) is 5.91 Å². The van der Waals surface area contributed by atoms with E-state index in [1.165, 1.54) is 7.11 Å². The molecule has 1 aromatic carbocycles. The van der Waals surface area contributed by atoms with E-state index >= 15 is 0 Å². The van der Waals surface area contributed by atoms with Crippen LogP contribution in [0.3, 0.4) is 0 Å². The van der Waals surface area contributed by atoms with Gasteiger partial charge in [-0.15, -0.1) is 0 Å². The summed E-state index contributed by atoms with van der Waals surface area (Å²) in [5.74, 6) is 1.13. The van der Waals surface area contributed by atoms with Crippen molar-refractivity contribution in [2.45, 2.75) is 76.0 Å². The molecule has 2 aliphatic carbocycles. The molecule has 0 spiro atoms. The van der Waals surface area contributed by atoms with Crippen molar-refractivity contribution in [1.82, 2.24) is 5.32 Å². The van der Waals surface area contributed by atoms with Crippen LogP contribution in [0.2, 0.25) is 0 Å². The summed E-state index contributed by atoms with van der Waals surface area (Å²) in [5, 5.41) is 3.14. The minimum Gasteiger partial charge on any atom is -0.489 e. The fourth-order valence-electron chi connectivity index (χ4n) is 4.25. The number of esters is 1. The molecule has 2 saturated carbocycles. The molecule has 28 heavy (non-hydrogen) atoms. The van der Waals surface area contributed by atoms with Crippen LogP contribution in [0.5, 0.6) is 5.75 Å². The van der Waals surface area contributed by atoms with Crippen molar-refractivity contribution in [2.75, 3.05) is 7.11 Å². The Hall–Kier alpha value is -2.08. The van der Waals surface area contributed by atoms with E-state index < -0.39 is 0 Å². The molecule has 6 nitrogen and oxygen atoms in total. The van der Waals surface area contributed by atoms with Gasteiger partial charge in [0, 0.05) is 24.1 Å². The lowest BCUT2D eigenvalue weighted by atomic mass is 9.83. The summed E-state index contributed by atoms with van der Waals surface area (Å²) in [6, 6.07) is 7.63.